The van der Waals surface area contributed by atoms with Crippen LogP contribution in [0.3, 0.4) is 0 Å². The smallest absolute Gasteiger partial charge is 0.487 e. The summed E-state index contributed by atoms with van der Waals surface area (Å²) in [4.78, 5) is 61.1. The van der Waals surface area contributed by atoms with Crippen LogP contribution in [0.2, 0.25) is 0 Å². The Morgan fingerprint density at radius 3 is 1.15 bits per heavy atom. The van der Waals surface area contributed by atoms with Crippen LogP contribution in [0, 0.1) is 60.5 Å². The number of rotatable bonds is 42. The van der Waals surface area contributed by atoms with Crippen LogP contribution in [0.5, 0.6) is 57.5 Å². The molecule has 7 aromatic carbocycles. The van der Waals surface area contributed by atoms with Crippen molar-refractivity contribution in [1.82, 2.24) is 38.5 Å². The summed E-state index contributed by atoms with van der Waals surface area (Å²) >= 11 is 4.70. The van der Waals surface area contributed by atoms with Crippen LogP contribution in [-0.2, 0) is 102 Å². The molecular weight excluding hydrogens is 2070 g/mol. The van der Waals surface area contributed by atoms with Gasteiger partial charge in [-0.05, 0) is 193 Å². The number of non-ortho nitro benzene ring substituents is 1. The van der Waals surface area contributed by atoms with E-state index in [1.165, 1.54) is 73.6 Å². The van der Waals surface area contributed by atoms with Gasteiger partial charge in [0.2, 0.25) is 50.4 Å². The summed E-state index contributed by atoms with van der Waals surface area (Å²) in [6, 6.07) is 38.2. The fourth-order valence-electron chi connectivity index (χ4n) is 16.9. The van der Waals surface area contributed by atoms with Crippen molar-refractivity contribution in [3.05, 3.63) is 227 Å². The number of nitrogens with one attached hydrogen (secondary N) is 2. The molecule has 41 nitrogen and oxygen atoms in total. The first kappa shape index (κ1) is 114. The van der Waals surface area contributed by atoms with Gasteiger partial charge in [-0.25, -0.2) is 54.6 Å². The molecule has 7 aliphatic heterocycles. The number of aromatic nitrogens is 3. The number of thiazole rings is 3. The number of alkyl carbamates (subject to hydrolysis) is 2. The first-order chi connectivity index (χ1) is 71.5. The van der Waals surface area contributed by atoms with E-state index < -0.39 is 108 Å². The molecule has 0 aliphatic carbocycles. The minimum Gasteiger partial charge on any atom is -0.487 e. The normalized spacial score (nSPS) is 18.5. The lowest BCUT2D eigenvalue weighted by molar-refractivity contribution is -0.384. The first-order valence-corrected chi connectivity index (χ1v) is 55.9. The number of nitrogens with zero attached hydrogens (tertiary/aromatic N) is 7. The third-order valence-electron chi connectivity index (χ3n) is 24.3. The van der Waals surface area contributed by atoms with E-state index in [4.69, 9.17) is 86.3 Å². The third-order valence-corrected chi connectivity index (χ3v) is 32.2. The molecule has 10 aromatic rings. The Labute approximate surface area is 883 Å². The number of benzene rings is 7. The number of amides is 2. The van der Waals surface area contributed by atoms with Crippen LogP contribution >= 0.6 is 34.0 Å². The molecule has 7 aliphatic rings. The van der Waals surface area contributed by atoms with E-state index in [-0.39, 0.29) is 154 Å². The second kappa shape index (κ2) is 52.0. The van der Waals surface area contributed by atoms with E-state index in [0.717, 1.165) is 55.2 Å². The summed E-state index contributed by atoms with van der Waals surface area (Å²) < 4.78 is 179. The largest absolute Gasteiger partial charge is 0.514 e. The van der Waals surface area contributed by atoms with Gasteiger partial charge in [0.25, 0.3) is 5.69 Å². The molecule has 0 bridgehead atoms. The van der Waals surface area contributed by atoms with Crippen LogP contribution in [0.1, 0.15) is 124 Å². The van der Waals surface area contributed by atoms with Crippen molar-refractivity contribution >= 4 is 88.1 Å². The molecule has 47 heteroatoms. The Bertz CT molecular complexity index is 6520. The number of aliphatic hydroxyl groups is 3. The number of nitrogens with two attached hydrogens (primary N) is 1. The zero-order chi connectivity index (χ0) is 107. The summed E-state index contributed by atoms with van der Waals surface area (Å²) in [6.45, 7) is 25.1. The summed E-state index contributed by atoms with van der Waals surface area (Å²) in [7, 11) is -12.0. The van der Waals surface area contributed by atoms with Crippen molar-refractivity contribution in [2.24, 2.45) is 35.3 Å². The monoisotopic (exact) mass is 2190 g/mol. The maximum atomic E-state index is 13.9. The van der Waals surface area contributed by atoms with E-state index >= 15 is 0 Å². The SMILES string of the molecule is Cc1nc(COc2ccc(C[C@H](N)[C@H](O)CN(CC(C)C)S(=O)(=O)c3ccc4c(c3)OCO4)cc2)cs1.Cc1nc(COc2ccc(C[C@H](NC(=O)OC(C)(C)C)[C@H](O)CN(CC(C)C)S(=O)(=O)c3ccc4c(c3)OCO4)cc2)cs1.Cc1nc(COc2ccc(C[C@H](NC(=O)O[C@H]3CO[C@H]4OCC[C@H]43)[C@H](O)CN(CC(C)C)S(=O)(=O)c3ccc4c(c3)OCO4)cc2)cs1.O=C(Oc1ccc([N+](=O)[O-])cc1)O[C@H]1CO[C@H]2OCC[C@H]21. The summed E-state index contributed by atoms with van der Waals surface area (Å²) in [6.07, 6.45) is -5.22. The Hall–Kier alpha value is -11.8. The van der Waals surface area contributed by atoms with E-state index in [1.807, 2.05) is 139 Å². The van der Waals surface area contributed by atoms with Gasteiger partial charge in [-0.15, -0.1) is 34.0 Å². The molecule has 0 saturated carbocycles. The van der Waals surface area contributed by atoms with Crippen molar-refractivity contribution in [2.75, 3.05) is 86.1 Å². The number of nitro benzene ring substituents is 1. The van der Waals surface area contributed by atoms with Crippen LogP contribution in [0.4, 0.5) is 20.1 Å². The minimum atomic E-state index is -4.07. The number of hydrogen-bond donors (Lipinski definition) is 6. The van der Waals surface area contributed by atoms with Crippen LogP contribution in [-0.4, -0.2) is 245 Å². The fraction of sp³-hybridized carbons (Fsp3) is 0.476. The molecule has 4 saturated heterocycles. The van der Waals surface area contributed by atoms with Crippen LogP contribution in [0.15, 0.2) is 182 Å². The maximum absolute atomic E-state index is 13.9. The van der Waals surface area contributed by atoms with Crippen LogP contribution < -0.4 is 63.7 Å². The number of aliphatic hydroxyl groups excluding tert-OH is 3. The summed E-state index contributed by atoms with van der Waals surface area (Å²) in [5.41, 5.74) is 10.6. The minimum absolute atomic E-state index is 0.0106. The second-order valence-electron chi connectivity index (χ2n) is 38.8. The highest BCUT2D eigenvalue weighted by Gasteiger charge is 2.47. The zero-order valence-electron chi connectivity index (χ0n) is 85.1. The molecule has 12 atom stereocenters. The highest BCUT2D eigenvalue weighted by molar-refractivity contribution is 7.89. The molecule has 0 unspecified atom stereocenters. The van der Waals surface area contributed by atoms with E-state index in [2.05, 4.69) is 25.6 Å². The summed E-state index contributed by atoms with van der Waals surface area (Å²) in [5.74, 6) is 4.62. The van der Waals surface area contributed by atoms with Gasteiger partial charge in [-0.3, -0.25) is 10.1 Å². The molecule has 3 aromatic heterocycles. The number of nitro groups is 1. The second-order valence-corrected chi connectivity index (χ2v) is 47.8. The quantitative estimate of drug-likeness (QED) is 0.00680. The molecule has 10 heterocycles. The Morgan fingerprint density at radius 1 is 0.460 bits per heavy atom. The highest BCUT2D eigenvalue weighted by Crippen LogP contribution is 2.41. The number of aryl methyl sites for hydroxylation is 3. The Kier molecular flexibility index (Phi) is 39.5. The van der Waals surface area contributed by atoms with Gasteiger partial charge in [-0.1, -0.05) is 77.9 Å². The zero-order valence-corrected chi connectivity index (χ0v) is 90.0. The topological polar surface area (TPSA) is 513 Å². The number of hydrogen-bond acceptors (Lipinski definition) is 38. The van der Waals surface area contributed by atoms with Gasteiger partial charge in [0.05, 0.1) is 120 Å². The standard InChI is InChI=1S/C33H41N3O10S2.C31H41N3O8S2.C26H33N3O6S2.C13H13NO7/c1-20(2)14-36(48(39,40)25-8-9-29-30(13-25)45-19-44-29)15-28(37)27(35-33(38)46-31-17-43-32-26(31)10-11-41-32)12-22-4-6-24(7-5-22)42-16-23-18-47-21(3)34-23;1-20(2)15-34(44(37,38)25-11-12-28-29(14-25)41-19-40-28)16-27(35)26(33-30(36)42-31(4,5)6)13-22-7-9-24(10-8-22)39-17-23-18-43-21(3)32-23;1-17(2)12-29(37(31,32)22-8-9-25-26(11-22)35-16-34-25)13-24(30)23(27)10-19-4-6-21(7-5-19)33-14-20-15-36-18(3)28-20;15-13(20-9-3-1-8(2-4-9)14(16)17)21-11-7-19-12-10(11)5-6-18-12/h4-9,13,18,20,26-28,31-32,37H,10-12,14-17,19H2,1-3H3,(H,35,38);7-12,14,18,20,26-27,35H,13,15-17,19H2,1-6H3,(H,33,36);4-9,11,15,17,23-24,30H,10,12-14,16,27H2,1-3H3;1-4,10-12H,5-7H2/t26-,27-,28+,31-,32+;26-,27+;23-,24+;10-,11-,12+/m0000/s1. The average Bonchev–Trinajstić information content (AvgIpc) is 1.56. The number of fused-ring (bicyclic) bond motifs is 5. The van der Waals surface area contributed by atoms with Crippen molar-refractivity contribution in [3.8, 4) is 57.5 Å². The predicted octanol–water partition coefficient (Wildman–Crippen LogP) is 14.0. The van der Waals surface area contributed by atoms with Gasteiger partial charge in [0.15, 0.2) is 47.1 Å². The van der Waals surface area contributed by atoms with Crippen molar-refractivity contribution in [2.45, 2.75) is 217 Å². The van der Waals surface area contributed by atoms with Gasteiger partial charge in [0.1, 0.15) is 60.6 Å². The lowest BCUT2D eigenvalue weighted by Gasteiger charge is -2.31. The Morgan fingerprint density at radius 2 is 0.800 bits per heavy atom. The van der Waals surface area contributed by atoms with E-state index in [1.54, 1.807) is 85.1 Å². The maximum Gasteiger partial charge on any atom is 0.514 e. The van der Waals surface area contributed by atoms with Crippen molar-refractivity contribution in [3.63, 3.8) is 0 Å². The molecule has 0 radical (unpaired) electrons. The number of carbonyl (C=O) groups is 3. The van der Waals surface area contributed by atoms with E-state index in [9.17, 15) is 65.1 Å². The van der Waals surface area contributed by atoms with Gasteiger partial charge in [0, 0.05) is 91.8 Å². The van der Waals surface area contributed by atoms with Gasteiger partial charge in [-0.2, -0.15) is 12.9 Å². The number of ether oxygens (including phenoxy) is 17. The highest BCUT2D eigenvalue weighted by atomic mass is 32.2. The molecular formula is C103H128N10O31S6. The lowest BCUT2D eigenvalue weighted by atomic mass is 10.0. The molecule has 812 valence electrons. The molecule has 4 fully saturated rings. The predicted molar refractivity (Wildman–Crippen MR) is 550 cm³/mol. The molecule has 0 spiro atoms. The summed E-state index contributed by atoms with van der Waals surface area (Å²) in [5, 5.41) is 58.9. The first-order valence-electron chi connectivity index (χ1n) is 48.9. The van der Waals surface area contributed by atoms with Crippen LogP contribution in [0.25, 0.3) is 0 Å². The lowest BCUT2D eigenvalue weighted by Crippen LogP contribution is -2.51. The number of sulfonamides is 3. The third kappa shape index (κ3) is 32.2. The van der Waals surface area contributed by atoms with E-state index in [0.29, 0.717) is 97.6 Å². The van der Waals surface area contributed by atoms with Gasteiger partial charge < -0.3 is 112 Å². The molecule has 17 rings (SSSR count). The molecule has 7 N–H and O–H groups in total. The molecule has 150 heavy (non-hydrogen) atoms. The fourth-order valence-corrected chi connectivity index (χ4v) is 23.6. The molecule has 2 amide bonds. The van der Waals surface area contributed by atoms with Crippen molar-refractivity contribution in [1.29, 1.82) is 0 Å². The van der Waals surface area contributed by atoms with Crippen molar-refractivity contribution < 1.29 is 140 Å². The Balaban J connectivity index is 0.000000162. The average molecular weight is 2190 g/mol. The van der Waals surface area contributed by atoms with Gasteiger partial charge >= 0.3 is 18.3 Å². The number of carbonyl (C=O) groups excluding carboxylic acids is 3.